The first-order chi connectivity index (χ1) is 16.1. The zero-order valence-corrected chi connectivity index (χ0v) is 18.7. The molecule has 0 fully saturated rings. The summed E-state index contributed by atoms with van der Waals surface area (Å²) in [4.78, 5) is 22.3. The zero-order chi connectivity index (χ0) is 22.8. The van der Waals surface area contributed by atoms with Crippen molar-refractivity contribution in [2.45, 2.75) is 17.5 Å². The highest BCUT2D eigenvalue weighted by molar-refractivity contribution is 7.98. The second-order valence-electron chi connectivity index (χ2n) is 7.24. The number of aromatic nitrogens is 4. The predicted molar refractivity (Wildman–Crippen MR) is 126 cm³/mol. The molecule has 0 atom stereocenters. The number of hydrogen-bond acceptors (Lipinski definition) is 6. The molecule has 0 radical (unpaired) electrons. The van der Waals surface area contributed by atoms with Crippen molar-refractivity contribution in [3.8, 4) is 11.4 Å². The lowest BCUT2D eigenvalue weighted by Crippen LogP contribution is -2.24. The number of benzene rings is 3. The molecule has 33 heavy (non-hydrogen) atoms. The molecule has 0 aliphatic heterocycles. The fourth-order valence-corrected chi connectivity index (χ4v) is 4.29. The van der Waals surface area contributed by atoms with E-state index in [2.05, 4.69) is 15.1 Å². The van der Waals surface area contributed by atoms with Crippen molar-refractivity contribution in [3.05, 3.63) is 105 Å². The Hall–Kier alpha value is -3.49. The summed E-state index contributed by atoms with van der Waals surface area (Å²) in [5.74, 6) is 0.859. The van der Waals surface area contributed by atoms with E-state index in [9.17, 15) is 9.18 Å². The summed E-state index contributed by atoms with van der Waals surface area (Å²) in [6.45, 7) is 0.263. The monoisotopic (exact) mass is 478 g/mol. The minimum absolute atomic E-state index is 0.167. The Bertz CT molecular complexity index is 1480. The maximum Gasteiger partial charge on any atom is 0.262 e. The first-order valence-corrected chi connectivity index (χ1v) is 11.4. The van der Waals surface area contributed by atoms with E-state index >= 15 is 0 Å². The molecule has 5 aromatic rings. The van der Waals surface area contributed by atoms with Gasteiger partial charge in [-0.2, -0.15) is 4.98 Å². The van der Waals surface area contributed by atoms with Crippen molar-refractivity contribution in [1.29, 1.82) is 0 Å². The Morgan fingerprint density at radius 3 is 2.52 bits per heavy atom. The fraction of sp³-hybridized carbons (Fsp3) is 0.0833. The summed E-state index contributed by atoms with van der Waals surface area (Å²) >= 11 is 7.26. The Balaban J connectivity index is 1.45. The molecule has 0 spiro atoms. The lowest BCUT2D eigenvalue weighted by Gasteiger charge is -2.12. The standard InChI is InChI=1S/C24H16ClFN4O2S/c25-17-9-7-16(8-10-17)22-28-21(32-29-22)14-33-24-27-20-4-2-1-3-19(20)23(31)30(24)13-15-5-11-18(26)12-6-15/h1-12H,13-14H2. The third-order valence-corrected chi connectivity index (χ3v) is 6.19. The number of thioether (sulfide) groups is 1. The SMILES string of the molecule is O=c1c2ccccc2nc(SCc2nc(-c3ccc(Cl)cc3)no2)n1Cc1ccc(F)cc1. The molecule has 164 valence electrons. The molecule has 0 amide bonds. The van der Waals surface area contributed by atoms with Gasteiger partial charge < -0.3 is 4.52 Å². The van der Waals surface area contributed by atoms with Crippen LogP contribution in [0.1, 0.15) is 11.5 Å². The van der Waals surface area contributed by atoms with Crippen LogP contribution in [0.3, 0.4) is 0 Å². The quantitative estimate of drug-likeness (QED) is 0.234. The van der Waals surface area contributed by atoms with Gasteiger partial charge in [-0.15, -0.1) is 0 Å². The van der Waals surface area contributed by atoms with E-state index in [1.165, 1.54) is 23.9 Å². The van der Waals surface area contributed by atoms with Gasteiger partial charge >= 0.3 is 0 Å². The summed E-state index contributed by atoms with van der Waals surface area (Å²) in [7, 11) is 0. The minimum atomic E-state index is -0.329. The van der Waals surface area contributed by atoms with E-state index < -0.39 is 0 Å². The van der Waals surface area contributed by atoms with Crippen LogP contribution in [-0.2, 0) is 12.3 Å². The number of rotatable bonds is 6. The van der Waals surface area contributed by atoms with E-state index in [1.807, 2.05) is 18.2 Å². The van der Waals surface area contributed by atoms with E-state index in [-0.39, 0.29) is 17.9 Å². The van der Waals surface area contributed by atoms with E-state index in [0.29, 0.717) is 38.5 Å². The highest BCUT2D eigenvalue weighted by atomic mass is 35.5. The molecule has 0 saturated heterocycles. The van der Waals surface area contributed by atoms with Gasteiger partial charge in [0.2, 0.25) is 11.7 Å². The van der Waals surface area contributed by atoms with E-state index in [4.69, 9.17) is 16.1 Å². The number of fused-ring (bicyclic) bond motifs is 1. The lowest BCUT2D eigenvalue weighted by molar-refractivity contribution is 0.391. The van der Waals surface area contributed by atoms with Crippen LogP contribution in [0.2, 0.25) is 5.02 Å². The van der Waals surface area contributed by atoms with Gasteiger partial charge in [-0.25, -0.2) is 9.37 Å². The normalized spacial score (nSPS) is 11.2. The Morgan fingerprint density at radius 1 is 0.970 bits per heavy atom. The van der Waals surface area contributed by atoms with Crippen molar-refractivity contribution >= 4 is 34.3 Å². The van der Waals surface area contributed by atoms with Crippen molar-refractivity contribution < 1.29 is 8.91 Å². The molecular weight excluding hydrogens is 463 g/mol. The predicted octanol–water partition coefficient (Wildman–Crippen LogP) is 5.58. The largest absolute Gasteiger partial charge is 0.338 e. The van der Waals surface area contributed by atoms with Gasteiger partial charge in [0.15, 0.2) is 5.16 Å². The maximum absolute atomic E-state index is 13.3. The number of halogens is 2. The van der Waals surface area contributed by atoms with Crippen molar-refractivity contribution in [3.63, 3.8) is 0 Å². The van der Waals surface area contributed by atoms with Crippen LogP contribution in [0.5, 0.6) is 0 Å². The molecule has 6 nitrogen and oxygen atoms in total. The average molecular weight is 479 g/mol. The maximum atomic E-state index is 13.3. The second kappa shape index (κ2) is 9.17. The molecule has 0 aliphatic rings. The summed E-state index contributed by atoms with van der Waals surface area (Å²) in [5, 5.41) is 5.68. The average Bonchev–Trinajstić information content (AvgIpc) is 3.30. The second-order valence-corrected chi connectivity index (χ2v) is 8.62. The third-order valence-electron chi connectivity index (χ3n) is 4.98. The highest BCUT2D eigenvalue weighted by Gasteiger charge is 2.15. The van der Waals surface area contributed by atoms with Gasteiger partial charge in [0.25, 0.3) is 5.56 Å². The Morgan fingerprint density at radius 2 is 1.73 bits per heavy atom. The summed E-state index contributed by atoms with van der Waals surface area (Å²) < 4.78 is 20.3. The van der Waals surface area contributed by atoms with Gasteiger partial charge in [0, 0.05) is 10.6 Å². The molecule has 0 N–H and O–H groups in total. The summed E-state index contributed by atoms with van der Waals surface area (Å²) in [5.41, 5.74) is 2.02. The summed E-state index contributed by atoms with van der Waals surface area (Å²) in [6, 6.07) is 20.4. The molecule has 2 heterocycles. The number of para-hydroxylation sites is 1. The number of nitrogens with zero attached hydrogens (tertiary/aromatic N) is 4. The molecule has 0 bridgehead atoms. The Labute approximate surface area is 197 Å². The summed E-state index contributed by atoms with van der Waals surface area (Å²) in [6.07, 6.45) is 0. The number of hydrogen-bond donors (Lipinski definition) is 0. The van der Waals surface area contributed by atoms with E-state index in [0.717, 1.165) is 11.1 Å². The van der Waals surface area contributed by atoms with Crippen molar-refractivity contribution in [2.24, 2.45) is 0 Å². The fourth-order valence-electron chi connectivity index (χ4n) is 3.33. The molecular formula is C24H16ClFN4O2S. The van der Waals surface area contributed by atoms with Gasteiger partial charge in [0.1, 0.15) is 5.82 Å². The van der Waals surface area contributed by atoms with Gasteiger partial charge in [0.05, 0.1) is 23.2 Å². The van der Waals surface area contributed by atoms with Gasteiger partial charge in [-0.05, 0) is 54.1 Å². The van der Waals surface area contributed by atoms with Crippen LogP contribution < -0.4 is 5.56 Å². The lowest BCUT2D eigenvalue weighted by atomic mass is 10.2. The molecule has 5 rings (SSSR count). The topological polar surface area (TPSA) is 73.8 Å². The van der Waals surface area contributed by atoms with Crippen LogP contribution in [0, 0.1) is 5.82 Å². The van der Waals surface area contributed by atoms with Crippen LogP contribution in [0.4, 0.5) is 4.39 Å². The molecule has 0 aliphatic carbocycles. The van der Waals surface area contributed by atoms with Crippen molar-refractivity contribution in [1.82, 2.24) is 19.7 Å². The zero-order valence-electron chi connectivity index (χ0n) is 17.1. The first kappa shape index (κ1) is 21.4. The highest BCUT2D eigenvalue weighted by Crippen LogP contribution is 2.24. The van der Waals surface area contributed by atoms with Crippen LogP contribution in [0.15, 0.2) is 87.3 Å². The minimum Gasteiger partial charge on any atom is -0.338 e. The van der Waals surface area contributed by atoms with Gasteiger partial charge in [-0.1, -0.05) is 52.8 Å². The van der Waals surface area contributed by atoms with Crippen LogP contribution in [-0.4, -0.2) is 19.7 Å². The van der Waals surface area contributed by atoms with Gasteiger partial charge in [-0.3, -0.25) is 9.36 Å². The molecule has 0 saturated carbocycles. The molecule has 2 aromatic heterocycles. The molecule has 0 unspecified atom stereocenters. The van der Waals surface area contributed by atoms with Crippen molar-refractivity contribution in [2.75, 3.05) is 0 Å². The first-order valence-electron chi connectivity index (χ1n) is 10.0. The third kappa shape index (κ3) is 4.67. The van der Waals surface area contributed by atoms with Crippen LogP contribution >= 0.6 is 23.4 Å². The van der Waals surface area contributed by atoms with Crippen LogP contribution in [0.25, 0.3) is 22.3 Å². The molecule has 3 aromatic carbocycles. The van der Waals surface area contributed by atoms with E-state index in [1.54, 1.807) is 47.0 Å². The smallest absolute Gasteiger partial charge is 0.262 e. The molecule has 9 heteroatoms. The Kier molecular flexibility index (Phi) is 5.93.